The average molecular weight is 251 g/mol. The van der Waals surface area contributed by atoms with E-state index in [0.29, 0.717) is 0 Å². The topological polar surface area (TPSA) is 80.3 Å². The molecule has 1 N–H and O–H groups in total. The molecule has 1 heterocycles. The van der Waals surface area contributed by atoms with Crippen molar-refractivity contribution < 1.29 is 34.4 Å². The van der Waals surface area contributed by atoms with E-state index >= 15 is 0 Å². The van der Waals surface area contributed by atoms with E-state index < -0.39 is 30.6 Å². The Labute approximate surface area is 88.1 Å². The van der Waals surface area contributed by atoms with Crippen molar-refractivity contribution in [3.05, 3.63) is 0 Å². The van der Waals surface area contributed by atoms with Crippen molar-refractivity contribution in [1.82, 2.24) is 4.13 Å². The van der Waals surface area contributed by atoms with Crippen molar-refractivity contribution in [3.8, 4) is 0 Å². The first-order valence-electron chi connectivity index (χ1n) is 2.49. The van der Waals surface area contributed by atoms with Gasteiger partial charge in [-0.1, -0.05) is 4.13 Å². The molecule has 1 saturated heterocycles. The monoisotopic (exact) mass is 251 g/mol. The fourth-order valence-electron chi connectivity index (χ4n) is 0.562. The van der Waals surface area contributed by atoms with Gasteiger partial charge in [0.1, 0.15) is 0 Å². The van der Waals surface area contributed by atoms with Crippen LogP contribution in [0.15, 0.2) is 0 Å². The van der Waals surface area contributed by atoms with Crippen LogP contribution < -0.4 is 4.13 Å². The Kier molecular flexibility index (Phi) is 3.12. The van der Waals surface area contributed by atoms with Crippen LogP contribution >= 0.6 is 0 Å². The van der Waals surface area contributed by atoms with Gasteiger partial charge in [-0.3, -0.25) is 0 Å². The molecule has 0 atom stereocenters. The summed E-state index contributed by atoms with van der Waals surface area (Å²) in [5, 5.41) is -11.3. The summed E-state index contributed by atoms with van der Waals surface area (Å²) in [5.74, 6) is 0. The Morgan fingerprint density at radius 2 is 1.00 bits per heavy atom. The number of nitrogens with one attached hydrogen (secondary N) is 1. The minimum absolute atomic E-state index is 0. The predicted octanol–water partition coefficient (Wildman–Crippen LogP) is -1.21. The number of halogens is 4. The summed E-state index contributed by atoms with van der Waals surface area (Å²) in [4.78, 5) is 0. The molecule has 0 amide bonds. The number of sulfonamides is 2. The summed E-state index contributed by atoms with van der Waals surface area (Å²) in [6.45, 7) is 0. The van der Waals surface area contributed by atoms with Crippen molar-refractivity contribution in [1.29, 1.82) is 0 Å². The average Bonchev–Trinajstić information content (AvgIpc) is 1.88. The minimum atomic E-state index is -5.86. The molecule has 1 rings (SSSR count). The molecule has 12 heteroatoms. The molecule has 0 aromatic heterocycles. The van der Waals surface area contributed by atoms with Crippen LogP contribution in [0.3, 0.4) is 0 Å². The molecule has 80 valence electrons. The van der Waals surface area contributed by atoms with Gasteiger partial charge in [0, 0.05) is 0 Å². The molecule has 0 aromatic rings. The summed E-state index contributed by atoms with van der Waals surface area (Å²) < 4.78 is 89.8. The zero-order valence-electron chi connectivity index (χ0n) is 5.46. The normalized spacial score (nSPS) is 30.6. The molecule has 0 aromatic carbocycles. The van der Waals surface area contributed by atoms with Crippen molar-refractivity contribution in [2.45, 2.75) is 10.5 Å². The van der Waals surface area contributed by atoms with Crippen molar-refractivity contribution >= 4 is 38.9 Å². The SMILES string of the molecule is O=S1(=O)NS(=O)(=O)C(F)(F)C1(F)F.[LiH]. The van der Waals surface area contributed by atoms with Crippen LogP contribution in [0.2, 0.25) is 0 Å². The predicted molar refractivity (Wildman–Crippen MR) is 38.0 cm³/mol. The summed E-state index contributed by atoms with van der Waals surface area (Å²) >= 11 is 0. The van der Waals surface area contributed by atoms with Gasteiger partial charge in [0.25, 0.3) is 20.0 Å². The Morgan fingerprint density at radius 3 is 1.07 bits per heavy atom. The van der Waals surface area contributed by atoms with E-state index in [4.69, 9.17) is 0 Å². The zero-order chi connectivity index (χ0) is 10.7. The van der Waals surface area contributed by atoms with Gasteiger partial charge in [0.05, 0.1) is 0 Å². The first-order valence-corrected chi connectivity index (χ1v) is 5.46. The van der Waals surface area contributed by atoms with Crippen LogP contribution in [0.5, 0.6) is 0 Å². The molecule has 0 aliphatic carbocycles. The number of alkyl halides is 4. The first kappa shape index (κ1) is 14.2. The Morgan fingerprint density at radius 1 is 0.786 bits per heavy atom. The Bertz CT molecular complexity index is 398. The second-order valence-corrected chi connectivity index (χ2v) is 5.83. The standard InChI is InChI=1S/C2HF4NO4S2.Li.H/c3-1(4)2(5,6)13(10,11)7-12(1,8)9;;/h7H;;. The third kappa shape index (κ3) is 1.38. The van der Waals surface area contributed by atoms with E-state index in [2.05, 4.69) is 0 Å². The van der Waals surface area contributed by atoms with E-state index in [9.17, 15) is 34.4 Å². The fraction of sp³-hybridized carbons (Fsp3) is 1.00. The number of hydrogen-bond acceptors (Lipinski definition) is 4. The summed E-state index contributed by atoms with van der Waals surface area (Å²) in [6, 6.07) is 0. The summed E-state index contributed by atoms with van der Waals surface area (Å²) in [6.07, 6.45) is 0. The van der Waals surface area contributed by atoms with Crippen molar-refractivity contribution in [3.63, 3.8) is 0 Å². The van der Waals surface area contributed by atoms with Gasteiger partial charge < -0.3 is 0 Å². The van der Waals surface area contributed by atoms with E-state index in [1.165, 1.54) is 0 Å². The molecule has 0 unspecified atom stereocenters. The molecule has 1 aliphatic heterocycles. The fourth-order valence-corrected chi connectivity index (χ4v) is 3.84. The molecule has 0 spiro atoms. The van der Waals surface area contributed by atoms with Crippen molar-refractivity contribution in [2.75, 3.05) is 0 Å². The van der Waals surface area contributed by atoms with Gasteiger partial charge in [0.15, 0.2) is 0 Å². The third-order valence-electron chi connectivity index (χ3n) is 1.23. The number of rotatable bonds is 0. The molecule has 0 saturated carbocycles. The van der Waals surface area contributed by atoms with E-state index in [-0.39, 0.29) is 23.0 Å². The molecular weight excluding hydrogens is 249 g/mol. The van der Waals surface area contributed by atoms with Gasteiger partial charge in [-0.05, 0) is 0 Å². The molecule has 5 nitrogen and oxygen atoms in total. The number of hydrogen-bond donors (Lipinski definition) is 1. The second kappa shape index (κ2) is 3.08. The van der Waals surface area contributed by atoms with E-state index in [1.54, 1.807) is 0 Å². The van der Waals surface area contributed by atoms with Crippen molar-refractivity contribution in [2.24, 2.45) is 0 Å². The van der Waals surface area contributed by atoms with Crippen LogP contribution in [-0.4, -0.2) is 46.2 Å². The molecule has 0 bridgehead atoms. The van der Waals surface area contributed by atoms with Crippen LogP contribution in [0.1, 0.15) is 0 Å². The Hall–Kier alpha value is 0.177. The van der Waals surface area contributed by atoms with Crippen LogP contribution in [-0.2, 0) is 20.0 Å². The van der Waals surface area contributed by atoms with E-state index in [0.717, 1.165) is 0 Å². The molecule has 1 aliphatic rings. The van der Waals surface area contributed by atoms with Gasteiger partial charge >= 0.3 is 29.4 Å². The maximum atomic E-state index is 12.2. The summed E-state index contributed by atoms with van der Waals surface area (Å²) in [5.41, 5.74) is 0. The van der Waals surface area contributed by atoms with E-state index in [1.807, 2.05) is 0 Å². The van der Waals surface area contributed by atoms with Gasteiger partial charge in [0.2, 0.25) is 0 Å². The quantitative estimate of drug-likeness (QED) is 0.432. The van der Waals surface area contributed by atoms with Gasteiger partial charge in [-0.25, -0.2) is 16.8 Å². The second-order valence-electron chi connectivity index (χ2n) is 2.12. The van der Waals surface area contributed by atoms with Crippen LogP contribution in [0.4, 0.5) is 17.6 Å². The maximum absolute atomic E-state index is 12.2. The van der Waals surface area contributed by atoms with Crippen LogP contribution in [0, 0.1) is 0 Å². The molecule has 14 heavy (non-hydrogen) atoms. The molecular formula is C2H2F4LiNO4S2. The first-order chi connectivity index (χ1) is 5.46. The van der Waals surface area contributed by atoms with Gasteiger partial charge in [-0.15, -0.1) is 0 Å². The molecule has 0 radical (unpaired) electrons. The van der Waals surface area contributed by atoms with Crippen LogP contribution in [0.25, 0.3) is 0 Å². The Balaban J connectivity index is 0.00000169. The molecule has 1 fully saturated rings. The summed E-state index contributed by atoms with van der Waals surface area (Å²) in [7, 11) is -11.7. The third-order valence-corrected chi connectivity index (χ3v) is 4.98. The van der Waals surface area contributed by atoms with Gasteiger partial charge in [-0.2, -0.15) is 17.6 Å². The zero-order valence-corrected chi connectivity index (χ0v) is 7.09.